The van der Waals surface area contributed by atoms with E-state index in [1.807, 2.05) is 0 Å². The summed E-state index contributed by atoms with van der Waals surface area (Å²) < 4.78 is 455. The fourth-order valence-electron chi connectivity index (χ4n) is 4.33. The lowest BCUT2D eigenvalue weighted by Crippen LogP contribution is -2.74. The van der Waals surface area contributed by atoms with Gasteiger partial charge in [0.1, 0.15) is 0 Å². The first-order valence-corrected chi connectivity index (χ1v) is 14.9. The molecule has 0 bridgehead atoms. The number of aliphatic hydroxyl groups is 1. The van der Waals surface area contributed by atoms with Gasteiger partial charge in [0.2, 0.25) is 0 Å². The number of rotatable bonds is 19. The van der Waals surface area contributed by atoms with Crippen LogP contribution in [0.3, 0.4) is 0 Å². The van der Waals surface area contributed by atoms with Crippen LogP contribution in [0.4, 0.5) is 149 Å². The van der Waals surface area contributed by atoms with Gasteiger partial charge in [0.25, 0.3) is 0 Å². The molecular formula is C28H14F34O. The van der Waals surface area contributed by atoms with Crippen molar-refractivity contribution in [1.82, 2.24) is 0 Å². The average Bonchev–Trinajstić information content (AvgIpc) is 3.08. The highest BCUT2D eigenvalue weighted by atomic mass is 19.4. The number of hydrogen-bond acceptors (Lipinski definition) is 1. The summed E-state index contributed by atoms with van der Waals surface area (Å²) in [5.74, 6) is -117. The Morgan fingerprint density at radius 1 is 0.349 bits per heavy atom. The molecule has 1 aromatic rings. The smallest absolute Gasteiger partial charge is 0.388 e. The Hall–Kier alpha value is -3.46. The number of halogens is 34. The standard InChI is InChI=1S/C28H14F34O/c29-13(30,15(33,34)17(37,38)19(41,42)21(45,46)23(49,50)25(53,54)27(57,58)59)8-1-2-10-3-5-11(6-4-10)12(63)7-9-14(31,32)16(35,36)18(39,40)20(43,44)22(47,48)24(51,52)26(55,56)28(60,61)62/h1-6,12,63H,7-9H2/b2-1+. The maximum Gasteiger partial charge on any atom is 0.460 e. The third kappa shape index (κ3) is 8.37. The Bertz CT molecular complexity index is 1760. The molecule has 1 N–H and O–H groups in total. The van der Waals surface area contributed by atoms with Crippen molar-refractivity contribution in [3.8, 4) is 0 Å². The number of benzene rings is 1. The average molecular weight is 1010 g/mol. The number of aliphatic hydroxyl groups excluding tert-OH is 1. The molecule has 63 heavy (non-hydrogen) atoms. The van der Waals surface area contributed by atoms with Crippen LogP contribution in [-0.4, -0.2) is 100 Å². The van der Waals surface area contributed by atoms with Crippen molar-refractivity contribution in [2.45, 2.75) is 121 Å². The van der Waals surface area contributed by atoms with Gasteiger partial charge in [-0.15, -0.1) is 0 Å². The Morgan fingerprint density at radius 3 is 0.889 bits per heavy atom. The van der Waals surface area contributed by atoms with Crippen molar-refractivity contribution < 1.29 is 154 Å². The molecule has 370 valence electrons. The van der Waals surface area contributed by atoms with Gasteiger partial charge in [0.05, 0.1) is 6.10 Å². The summed E-state index contributed by atoms with van der Waals surface area (Å²) in [7, 11) is 0. The van der Waals surface area contributed by atoms with Crippen molar-refractivity contribution >= 4 is 6.08 Å². The van der Waals surface area contributed by atoms with Crippen LogP contribution in [0.1, 0.15) is 36.5 Å². The minimum Gasteiger partial charge on any atom is -0.388 e. The first kappa shape index (κ1) is 57.6. The van der Waals surface area contributed by atoms with Crippen LogP contribution >= 0.6 is 0 Å². The summed E-state index contributed by atoms with van der Waals surface area (Å²) in [5.41, 5.74) is -1.85. The predicted octanol–water partition coefficient (Wildman–Crippen LogP) is 13.9. The zero-order chi connectivity index (χ0) is 51.1. The monoisotopic (exact) mass is 1010 g/mol. The zero-order valence-corrected chi connectivity index (χ0v) is 28.5. The number of hydrogen-bond donors (Lipinski definition) is 1. The predicted molar refractivity (Wildman–Crippen MR) is 136 cm³/mol. The molecule has 1 atom stereocenters. The minimum atomic E-state index is -8.93. The van der Waals surface area contributed by atoms with Crippen molar-refractivity contribution in [1.29, 1.82) is 0 Å². The van der Waals surface area contributed by atoms with E-state index < -0.39 is 138 Å². The van der Waals surface area contributed by atoms with Gasteiger partial charge >= 0.3 is 95.3 Å². The molecule has 1 nitrogen and oxygen atoms in total. The second kappa shape index (κ2) is 15.9. The molecule has 1 aromatic carbocycles. The fraction of sp³-hybridized carbons (Fsp3) is 0.714. The van der Waals surface area contributed by atoms with E-state index in [-0.39, 0.29) is 18.2 Å². The summed E-state index contributed by atoms with van der Waals surface area (Å²) in [6.45, 7) is 0. The molecule has 0 fully saturated rings. The Balaban J connectivity index is 3.33. The van der Waals surface area contributed by atoms with Gasteiger partial charge in [-0.25, -0.2) is 0 Å². The summed E-state index contributed by atoms with van der Waals surface area (Å²) in [4.78, 5) is 0. The van der Waals surface area contributed by atoms with Gasteiger partial charge < -0.3 is 5.11 Å². The molecule has 0 aliphatic heterocycles. The normalized spacial score (nSPS) is 16.9. The molecular weight excluding hydrogens is 998 g/mol. The highest BCUT2D eigenvalue weighted by molar-refractivity contribution is 5.50. The molecule has 0 aromatic heterocycles. The first-order chi connectivity index (χ1) is 27.1. The van der Waals surface area contributed by atoms with Crippen LogP contribution < -0.4 is 0 Å². The molecule has 0 radical (unpaired) electrons. The van der Waals surface area contributed by atoms with E-state index in [4.69, 9.17) is 0 Å². The third-order valence-electron chi connectivity index (χ3n) is 8.31. The fourth-order valence-corrected chi connectivity index (χ4v) is 4.33. The lowest BCUT2D eigenvalue weighted by atomic mass is 9.87. The summed E-state index contributed by atoms with van der Waals surface area (Å²) >= 11 is 0. The van der Waals surface area contributed by atoms with Crippen LogP contribution in [-0.2, 0) is 0 Å². The molecule has 0 saturated heterocycles. The van der Waals surface area contributed by atoms with E-state index in [1.54, 1.807) is 0 Å². The molecule has 0 saturated carbocycles. The van der Waals surface area contributed by atoms with Crippen molar-refractivity contribution in [2.24, 2.45) is 0 Å². The Labute approximate surface area is 323 Å². The van der Waals surface area contributed by atoms with Gasteiger partial charge in [-0.2, -0.15) is 149 Å². The summed E-state index contributed by atoms with van der Waals surface area (Å²) in [6.07, 6.45) is -27.8. The largest absolute Gasteiger partial charge is 0.460 e. The van der Waals surface area contributed by atoms with E-state index in [9.17, 15) is 154 Å². The topological polar surface area (TPSA) is 20.2 Å². The molecule has 0 amide bonds. The van der Waals surface area contributed by atoms with E-state index in [0.29, 0.717) is 12.1 Å². The number of allylic oxidation sites excluding steroid dienone is 1. The Kier molecular flexibility index (Phi) is 14.5. The van der Waals surface area contributed by atoms with Crippen molar-refractivity contribution in [3.05, 3.63) is 41.5 Å². The van der Waals surface area contributed by atoms with Crippen LogP contribution in [0.5, 0.6) is 0 Å². The molecule has 0 heterocycles. The van der Waals surface area contributed by atoms with Gasteiger partial charge in [-0.3, -0.25) is 0 Å². The SMILES string of the molecule is OC(CCC(F)(F)C(F)(F)C(F)(F)C(F)(F)C(F)(F)C(F)(F)C(F)(F)C(F)(F)F)c1ccc(/C=C/CC(F)(F)C(F)(F)C(F)(F)C(F)(F)C(F)(F)C(F)(F)C(F)(F)C(F)(F)F)cc1. The molecule has 1 unspecified atom stereocenters. The highest BCUT2D eigenvalue weighted by Crippen LogP contribution is 2.66. The van der Waals surface area contributed by atoms with Crippen molar-refractivity contribution in [2.75, 3.05) is 0 Å². The van der Waals surface area contributed by atoms with Gasteiger partial charge in [-0.05, 0) is 17.5 Å². The number of alkyl halides is 34. The minimum absolute atomic E-state index is 0.0378. The van der Waals surface area contributed by atoms with E-state index in [0.717, 1.165) is 0 Å². The maximum atomic E-state index is 14.1. The quantitative estimate of drug-likeness (QED) is 0.137. The Morgan fingerprint density at radius 2 is 0.603 bits per heavy atom. The molecule has 35 heteroatoms. The van der Waals surface area contributed by atoms with Crippen LogP contribution in [0.15, 0.2) is 30.3 Å². The maximum absolute atomic E-state index is 14.1. The zero-order valence-electron chi connectivity index (χ0n) is 28.5. The second-order valence-electron chi connectivity index (χ2n) is 12.6. The molecule has 0 spiro atoms. The highest BCUT2D eigenvalue weighted by Gasteiger charge is 2.96. The van der Waals surface area contributed by atoms with E-state index in [2.05, 4.69) is 0 Å². The third-order valence-corrected chi connectivity index (χ3v) is 8.31. The second-order valence-corrected chi connectivity index (χ2v) is 12.6. The van der Waals surface area contributed by atoms with Crippen LogP contribution in [0, 0.1) is 0 Å². The summed E-state index contributed by atoms with van der Waals surface area (Å²) in [5, 5.41) is 9.86. The molecule has 1 rings (SSSR count). The summed E-state index contributed by atoms with van der Waals surface area (Å²) in [6, 6.07) is 1.12. The van der Waals surface area contributed by atoms with E-state index >= 15 is 0 Å². The first-order valence-electron chi connectivity index (χ1n) is 14.9. The lowest BCUT2D eigenvalue weighted by molar-refractivity contribution is -0.461. The van der Waals surface area contributed by atoms with E-state index in [1.165, 1.54) is 0 Å². The van der Waals surface area contributed by atoms with Crippen LogP contribution in [0.2, 0.25) is 0 Å². The van der Waals surface area contributed by atoms with Gasteiger partial charge in [0.15, 0.2) is 0 Å². The lowest BCUT2D eigenvalue weighted by Gasteiger charge is -2.42. The van der Waals surface area contributed by atoms with Gasteiger partial charge in [0, 0.05) is 12.8 Å². The van der Waals surface area contributed by atoms with Crippen LogP contribution in [0.25, 0.3) is 6.08 Å². The molecule has 0 aliphatic rings. The molecule has 0 aliphatic carbocycles. The van der Waals surface area contributed by atoms with Crippen molar-refractivity contribution in [3.63, 3.8) is 0 Å². The van der Waals surface area contributed by atoms with Gasteiger partial charge in [-0.1, -0.05) is 36.4 Å².